The van der Waals surface area contributed by atoms with Crippen LogP contribution in [-0.4, -0.2) is 48.8 Å². The quantitative estimate of drug-likeness (QED) is 0.522. The Bertz CT molecular complexity index is 1090. The van der Waals surface area contributed by atoms with Crippen molar-refractivity contribution in [1.82, 2.24) is 4.90 Å². The van der Waals surface area contributed by atoms with Gasteiger partial charge < -0.3 is 19.9 Å². The van der Waals surface area contributed by atoms with Crippen LogP contribution in [0.2, 0.25) is 10.0 Å². The number of carbonyl (C=O) groups excluding carboxylic acids is 3. The first kappa shape index (κ1) is 23.8. The molecule has 1 aliphatic rings. The van der Waals surface area contributed by atoms with Crippen LogP contribution >= 0.6 is 35.0 Å². The number of rotatable bonds is 9. The lowest BCUT2D eigenvalue weighted by Gasteiger charge is -2.14. The van der Waals surface area contributed by atoms with Crippen molar-refractivity contribution in [2.75, 3.05) is 26.9 Å². The number of para-hydroxylation sites is 1. The number of nitrogens with zero attached hydrogens (tertiary/aromatic N) is 1. The molecule has 3 rings (SSSR count). The Morgan fingerprint density at radius 2 is 1.88 bits per heavy atom. The number of methoxy groups -OCH3 is 1. The second-order valence-electron chi connectivity index (χ2n) is 6.40. The molecule has 8 nitrogen and oxygen atoms in total. The fraction of sp³-hybridized carbons (Fsp3) is 0.190. The van der Waals surface area contributed by atoms with Crippen LogP contribution in [0.3, 0.4) is 0 Å². The summed E-state index contributed by atoms with van der Waals surface area (Å²) in [5.41, 5.74) is 5.60. The van der Waals surface area contributed by atoms with Gasteiger partial charge in [-0.15, -0.1) is 0 Å². The summed E-state index contributed by atoms with van der Waals surface area (Å²) >= 11 is 13.1. The van der Waals surface area contributed by atoms with E-state index in [-0.39, 0.29) is 41.2 Å². The number of benzene rings is 2. The molecule has 32 heavy (non-hydrogen) atoms. The Balaban J connectivity index is 1.71. The van der Waals surface area contributed by atoms with E-state index in [1.54, 1.807) is 30.3 Å². The highest BCUT2D eigenvalue weighted by Gasteiger charge is 2.35. The summed E-state index contributed by atoms with van der Waals surface area (Å²) in [6.45, 7) is -0.206. The van der Waals surface area contributed by atoms with Gasteiger partial charge in [-0.1, -0.05) is 35.3 Å². The Morgan fingerprint density at radius 1 is 1.12 bits per heavy atom. The molecule has 2 N–H and O–H groups in total. The molecule has 1 aliphatic heterocycles. The van der Waals surface area contributed by atoms with E-state index in [4.69, 9.17) is 43.1 Å². The predicted octanol–water partition coefficient (Wildman–Crippen LogP) is 3.98. The van der Waals surface area contributed by atoms with Gasteiger partial charge >= 0.3 is 0 Å². The summed E-state index contributed by atoms with van der Waals surface area (Å²) in [7, 11) is 1.40. The van der Waals surface area contributed by atoms with Gasteiger partial charge in [-0.2, -0.15) is 0 Å². The standard InChI is InChI=1S/C21H18Cl2N2O6S/c1-29-16-9-12(8-14(23)19(16)31-11-18(24)26)10-17-20(27)25(21(28)32-17)6-7-30-15-5-3-2-4-13(15)22/h2-5,8-10H,6-7,11H2,1H3,(H2,24,26)/b17-10-. The summed E-state index contributed by atoms with van der Waals surface area (Å²) in [6, 6.07) is 10.0. The number of ether oxygens (including phenoxy) is 3. The van der Waals surface area contributed by atoms with Crippen molar-refractivity contribution in [3.8, 4) is 17.2 Å². The van der Waals surface area contributed by atoms with Crippen LogP contribution in [-0.2, 0) is 9.59 Å². The molecule has 0 radical (unpaired) electrons. The Morgan fingerprint density at radius 3 is 2.56 bits per heavy atom. The highest BCUT2D eigenvalue weighted by molar-refractivity contribution is 8.18. The van der Waals surface area contributed by atoms with Crippen molar-refractivity contribution in [3.05, 3.63) is 56.9 Å². The van der Waals surface area contributed by atoms with E-state index in [1.807, 2.05) is 0 Å². The summed E-state index contributed by atoms with van der Waals surface area (Å²) < 4.78 is 16.1. The number of thioether (sulfide) groups is 1. The summed E-state index contributed by atoms with van der Waals surface area (Å²) in [5.74, 6) is -0.254. The van der Waals surface area contributed by atoms with Gasteiger partial charge in [0, 0.05) is 0 Å². The van der Waals surface area contributed by atoms with Crippen molar-refractivity contribution in [1.29, 1.82) is 0 Å². The van der Waals surface area contributed by atoms with E-state index in [2.05, 4.69) is 0 Å². The second-order valence-corrected chi connectivity index (χ2v) is 8.21. The molecule has 0 aliphatic carbocycles. The van der Waals surface area contributed by atoms with E-state index in [0.29, 0.717) is 16.3 Å². The van der Waals surface area contributed by atoms with Gasteiger partial charge in [-0.25, -0.2) is 0 Å². The zero-order chi connectivity index (χ0) is 23.3. The molecule has 0 bridgehead atoms. The van der Waals surface area contributed by atoms with Gasteiger partial charge in [-0.3, -0.25) is 19.3 Å². The van der Waals surface area contributed by atoms with E-state index < -0.39 is 17.1 Å². The lowest BCUT2D eigenvalue weighted by molar-refractivity contribution is -0.123. The van der Waals surface area contributed by atoms with E-state index in [0.717, 1.165) is 16.7 Å². The molecule has 3 amide bonds. The third-order valence-corrected chi connectivity index (χ3v) is 5.69. The zero-order valence-corrected chi connectivity index (χ0v) is 19.1. The number of carbonyl (C=O) groups is 3. The number of halogens is 2. The van der Waals surface area contributed by atoms with Gasteiger partial charge in [0.1, 0.15) is 12.4 Å². The average Bonchev–Trinajstić information content (AvgIpc) is 3.01. The van der Waals surface area contributed by atoms with Gasteiger partial charge in [0.15, 0.2) is 18.1 Å². The Kier molecular flexibility index (Phi) is 7.89. The van der Waals surface area contributed by atoms with Gasteiger partial charge in [0.05, 0.1) is 28.6 Å². The average molecular weight is 497 g/mol. The highest BCUT2D eigenvalue weighted by Crippen LogP contribution is 2.39. The highest BCUT2D eigenvalue weighted by atomic mass is 35.5. The fourth-order valence-corrected chi connectivity index (χ4v) is 4.09. The number of hydrogen-bond donors (Lipinski definition) is 1. The molecule has 168 valence electrons. The first-order chi connectivity index (χ1) is 15.3. The minimum absolute atomic E-state index is 0.0667. The summed E-state index contributed by atoms with van der Waals surface area (Å²) in [6.07, 6.45) is 1.52. The van der Waals surface area contributed by atoms with E-state index in [9.17, 15) is 14.4 Å². The molecule has 0 spiro atoms. The van der Waals surface area contributed by atoms with Crippen molar-refractivity contribution in [2.45, 2.75) is 0 Å². The monoisotopic (exact) mass is 496 g/mol. The molecule has 0 saturated carbocycles. The SMILES string of the molecule is COc1cc(/C=C2\SC(=O)N(CCOc3ccccc3Cl)C2=O)cc(Cl)c1OCC(N)=O. The molecular weight excluding hydrogens is 479 g/mol. The van der Waals surface area contributed by atoms with Crippen LogP contribution in [0.1, 0.15) is 5.56 Å². The maximum Gasteiger partial charge on any atom is 0.293 e. The van der Waals surface area contributed by atoms with E-state index in [1.165, 1.54) is 19.3 Å². The molecule has 1 heterocycles. The third kappa shape index (κ3) is 5.67. The molecule has 2 aromatic carbocycles. The summed E-state index contributed by atoms with van der Waals surface area (Å²) in [5, 5.41) is 0.184. The Hall–Kier alpha value is -2.88. The molecule has 0 unspecified atom stereocenters. The number of amides is 3. The number of nitrogens with two attached hydrogens (primary N) is 1. The topological polar surface area (TPSA) is 108 Å². The van der Waals surface area contributed by atoms with Crippen LogP contribution < -0.4 is 19.9 Å². The normalized spacial score (nSPS) is 14.7. The van der Waals surface area contributed by atoms with Gasteiger partial charge in [0.25, 0.3) is 17.1 Å². The Labute approximate surface area is 198 Å². The smallest absolute Gasteiger partial charge is 0.293 e. The molecule has 0 atom stereocenters. The number of primary amides is 1. The van der Waals surface area contributed by atoms with Gasteiger partial charge in [0.2, 0.25) is 0 Å². The second kappa shape index (κ2) is 10.6. The molecule has 1 fully saturated rings. The fourth-order valence-electron chi connectivity index (χ4n) is 2.76. The van der Waals surface area contributed by atoms with Crippen LogP contribution in [0, 0.1) is 0 Å². The minimum atomic E-state index is -0.667. The third-order valence-electron chi connectivity index (χ3n) is 4.19. The first-order valence-corrected chi connectivity index (χ1v) is 10.8. The van der Waals surface area contributed by atoms with Crippen LogP contribution in [0.25, 0.3) is 6.08 Å². The zero-order valence-electron chi connectivity index (χ0n) is 16.8. The van der Waals surface area contributed by atoms with Gasteiger partial charge in [-0.05, 0) is 47.7 Å². The molecular formula is C21H18Cl2N2O6S. The molecule has 2 aromatic rings. The first-order valence-electron chi connectivity index (χ1n) is 9.21. The lowest BCUT2D eigenvalue weighted by Crippen LogP contribution is -2.32. The molecule has 1 saturated heterocycles. The van der Waals surface area contributed by atoms with Crippen molar-refractivity contribution in [2.24, 2.45) is 5.73 Å². The van der Waals surface area contributed by atoms with Crippen molar-refractivity contribution < 1.29 is 28.6 Å². The largest absolute Gasteiger partial charge is 0.493 e. The van der Waals surface area contributed by atoms with Crippen LogP contribution in [0.15, 0.2) is 41.3 Å². The van der Waals surface area contributed by atoms with Crippen LogP contribution in [0.4, 0.5) is 4.79 Å². The maximum atomic E-state index is 12.7. The summed E-state index contributed by atoms with van der Waals surface area (Å²) in [4.78, 5) is 37.3. The van der Waals surface area contributed by atoms with Crippen LogP contribution in [0.5, 0.6) is 17.2 Å². The van der Waals surface area contributed by atoms with Crippen molar-refractivity contribution in [3.63, 3.8) is 0 Å². The number of imide groups is 1. The minimum Gasteiger partial charge on any atom is -0.493 e. The van der Waals surface area contributed by atoms with Crippen molar-refractivity contribution >= 4 is 58.1 Å². The molecule has 11 heteroatoms. The molecule has 0 aromatic heterocycles. The lowest BCUT2D eigenvalue weighted by atomic mass is 10.1. The number of hydrogen-bond acceptors (Lipinski definition) is 7. The predicted molar refractivity (Wildman–Crippen MR) is 122 cm³/mol. The van der Waals surface area contributed by atoms with E-state index >= 15 is 0 Å². The maximum absolute atomic E-state index is 12.7.